The first-order chi connectivity index (χ1) is 12.8. The molecule has 0 bridgehead atoms. The van der Waals surface area contributed by atoms with Gasteiger partial charge in [-0.3, -0.25) is 9.69 Å². The maximum absolute atomic E-state index is 12.6. The van der Waals surface area contributed by atoms with Crippen molar-refractivity contribution in [3.8, 4) is 0 Å². The number of piperazine rings is 1. The predicted octanol–water partition coefficient (Wildman–Crippen LogP) is 5.01. The number of hydrogen-bond donors (Lipinski definition) is 0. The Morgan fingerprint density at radius 2 is 1.48 bits per heavy atom. The highest BCUT2D eigenvalue weighted by Gasteiger charge is 2.29. The fourth-order valence-electron chi connectivity index (χ4n) is 3.69. The average molecular weight is 385 g/mol. The van der Waals surface area contributed by atoms with E-state index in [4.69, 9.17) is 11.6 Å². The zero-order chi connectivity index (χ0) is 19.4. The normalized spacial score (nSPS) is 17.0. The predicted molar refractivity (Wildman–Crippen MR) is 112 cm³/mol. The Morgan fingerprint density at radius 1 is 0.926 bits per heavy atom. The molecule has 144 valence electrons. The van der Waals surface area contributed by atoms with Crippen LogP contribution < -0.4 is 0 Å². The van der Waals surface area contributed by atoms with Crippen molar-refractivity contribution >= 4 is 17.5 Å². The molecule has 1 heterocycles. The molecular weight excluding hydrogens is 356 g/mol. The minimum atomic E-state index is 0.0318. The van der Waals surface area contributed by atoms with Crippen LogP contribution >= 0.6 is 11.6 Å². The molecule has 1 unspecified atom stereocenters. The summed E-state index contributed by atoms with van der Waals surface area (Å²) in [7, 11) is 0. The summed E-state index contributed by atoms with van der Waals surface area (Å²) in [5.74, 6) is 0.268. The van der Waals surface area contributed by atoms with Gasteiger partial charge in [-0.15, -0.1) is 0 Å². The monoisotopic (exact) mass is 384 g/mol. The van der Waals surface area contributed by atoms with Crippen LogP contribution in [-0.4, -0.2) is 41.9 Å². The van der Waals surface area contributed by atoms with Gasteiger partial charge in [-0.05, 0) is 28.7 Å². The Bertz CT molecular complexity index is 744. The van der Waals surface area contributed by atoms with Crippen molar-refractivity contribution in [2.24, 2.45) is 5.41 Å². The number of benzene rings is 2. The molecule has 1 amide bonds. The quantitative estimate of drug-likeness (QED) is 0.739. The van der Waals surface area contributed by atoms with Crippen LogP contribution in [0.15, 0.2) is 54.6 Å². The maximum Gasteiger partial charge on any atom is 0.223 e. The molecule has 0 aromatic heterocycles. The lowest BCUT2D eigenvalue weighted by Gasteiger charge is -2.40. The largest absolute Gasteiger partial charge is 0.340 e. The third-order valence-electron chi connectivity index (χ3n) is 5.01. The molecule has 1 fully saturated rings. The molecule has 0 saturated carbocycles. The summed E-state index contributed by atoms with van der Waals surface area (Å²) < 4.78 is 0. The zero-order valence-electron chi connectivity index (χ0n) is 16.5. The zero-order valence-corrected chi connectivity index (χ0v) is 17.2. The molecule has 0 spiro atoms. The van der Waals surface area contributed by atoms with Crippen LogP contribution in [0.3, 0.4) is 0 Å². The lowest BCUT2D eigenvalue weighted by Crippen LogP contribution is -2.50. The van der Waals surface area contributed by atoms with Crippen LogP contribution in [0.25, 0.3) is 0 Å². The topological polar surface area (TPSA) is 23.6 Å². The molecule has 1 atom stereocenters. The van der Waals surface area contributed by atoms with E-state index in [1.165, 1.54) is 11.1 Å². The fraction of sp³-hybridized carbons (Fsp3) is 0.435. The standard InChI is InChI=1S/C23H29ClN2O/c1-23(2,3)17-21(27)25-13-15-26(16-14-25)22(18-7-5-4-6-8-18)19-9-11-20(24)12-10-19/h4-12,22H,13-17H2,1-3H3. The minimum Gasteiger partial charge on any atom is -0.340 e. The Balaban J connectivity index is 1.75. The smallest absolute Gasteiger partial charge is 0.223 e. The second-order valence-corrected chi connectivity index (χ2v) is 8.96. The maximum atomic E-state index is 12.6. The number of carbonyl (C=O) groups is 1. The molecule has 2 aromatic rings. The molecule has 3 nitrogen and oxygen atoms in total. The van der Waals surface area contributed by atoms with Gasteiger partial charge in [0, 0.05) is 37.6 Å². The van der Waals surface area contributed by atoms with E-state index >= 15 is 0 Å². The third-order valence-corrected chi connectivity index (χ3v) is 5.27. The first-order valence-corrected chi connectivity index (χ1v) is 10.0. The van der Waals surface area contributed by atoms with E-state index in [2.05, 4.69) is 62.1 Å². The van der Waals surface area contributed by atoms with Gasteiger partial charge >= 0.3 is 0 Å². The fourth-order valence-corrected chi connectivity index (χ4v) is 3.82. The molecule has 3 rings (SSSR count). The lowest BCUT2D eigenvalue weighted by molar-refractivity contribution is -0.135. The van der Waals surface area contributed by atoms with Crippen molar-refractivity contribution in [1.82, 2.24) is 9.80 Å². The van der Waals surface area contributed by atoms with Gasteiger partial charge in [-0.25, -0.2) is 0 Å². The van der Waals surface area contributed by atoms with Crippen LogP contribution in [0.4, 0.5) is 0 Å². The molecule has 2 aromatic carbocycles. The molecule has 1 saturated heterocycles. The Labute approximate surface area is 167 Å². The summed E-state index contributed by atoms with van der Waals surface area (Å²) in [5.41, 5.74) is 2.54. The van der Waals surface area contributed by atoms with Gasteiger partial charge in [0.25, 0.3) is 0 Å². The van der Waals surface area contributed by atoms with Crippen LogP contribution in [-0.2, 0) is 4.79 Å². The Hall–Kier alpha value is -1.84. The highest BCUT2D eigenvalue weighted by atomic mass is 35.5. The van der Waals surface area contributed by atoms with Crippen molar-refractivity contribution in [3.63, 3.8) is 0 Å². The SMILES string of the molecule is CC(C)(C)CC(=O)N1CCN(C(c2ccccc2)c2ccc(Cl)cc2)CC1. The molecule has 0 N–H and O–H groups in total. The van der Waals surface area contributed by atoms with Gasteiger partial charge in [-0.2, -0.15) is 0 Å². The van der Waals surface area contributed by atoms with E-state index in [0.717, 1.165) is 31.2 Å². The molecule has 0 aliphatic carbocycles. The van der Waals surface area contributed by atoms with Gasteiger partial charge in [0.15, 0.2) is 0 Å². The second kappa shape index (κ2) is 8.45. The summed E-state index contributed by atoms with van der Waals surface area (Å²) in [6.45, 7) is 9.67. The van der Waals surface area contributed by atoms with Gasteiger partial charge in [-0.1, -0.05) is 74.8 Å². The summed E-state index contributed by atoms with van der Waals surface area (Å²) in [6.07, 6.45) is 0.603. The number of halogens is 1. The van der Waals surface area contributed by atoms with Crippen molar-refractivity contribution in [2.75, 3.05) is 26.2 Å². The number of carbonyl (C=O) groups excluding carboxylic acids is 1. The first kappa shape index (κ1) is 19.9. The van der Waals surface area contributed by atoms with E-state index in [-0.39, 0.29) is 17.4 Å². The van der Waals surface area contributed by atoms with E-state index in [1.807, 2.05) is 23.1 Å². The minimum absolute atomic E-state index is 0.0318. The third kappa shape index (κ3) is 5.33. The average Bonchev–Trinajstić information content (AvgIpc) is 2.64. The van der Waals surface area contributed by atoms with Gasteiger partial charge in [0.2, 0.25) is 5.91 Å². The molecule has 1 aliphatic rings. The van der Waals surface area contributed by atoms with Crippen LogP contribution in [0.2, 0.25) is 5.02 Å². The van der Waals surface area contributed by atoms with Gasteiger partial charge in [0.05, 0.1) is 6.04 Å². The number of nitrogens with zero attached hydrogens (tertiary/aromatic N) is 2. The molecule has 27 heavy (non-hydrogen) atoms. The summed E-state index contributed by atoms with van der Waals surface area (Å²) in [6, 6.07) is 18.9. The highest BCUT2D eigenvalue weighted by Crippen LogP contribution is 2.30. The summed E-state index contributed by atoms with van der Waals surface area (Å²) >= 11 is 6.10. The Kier molecular flexibility index (Phi) is 6.23. The Morgan fingerprint density at radius 3 is 2.04 bits per heavy atom. The lowest BCUT2D eigenvalue weighted by atomic mass is 9.91. The molecule has 0 radical (unpaired) electrons. The highest BCUT2D eigenvalue weighted by molar-refractivity contribution is 6.30. The van der Waals surface area contributed by atoms with Gasteiger partial charge < -0.3 is 4.90 Å². The first-order valence-electron chi connectivity index (χ1n) is 9.66. The van der Waals surface area contributed by atoms with Crippen molar-refractivity contribution < 1.29 is 4.79 Å². The number of rotatable bonds is 4. The van der Waals surface area contributed by atoms with E-state index in [9.17, 15) is 4.79 Å². The van der Waals surface area contributed by atoms with Crippen molar-refractivity contribution in [2.45, 2.75) is 33.2 Å². The summed E-state index contributed by atoms with van der Waals surface area (Å²) in [4.78, 5) is 17.1. The van der Waals surface area contributed by atoms with E-state index < -0.39 is 0 Å². The molecular formula is C23H29ClN2O. The van der Waals surface area contributed by atoms with Crippen LogP contribution in [0, 0.1) is 5.41 Å². The van der Waals surface area contributed by atoms with Gasteiger partial charge in [0.1, 0.15) is 0 Å². The van der Waals surface area contributed by atoms with Crippen LogP contribution in [0.5, 0.6) is 0 Å². The molecule has 1 aliphatic heterocycles. The van der Waals surface area contributed by atoms with E-state index in [1.54, 1.807) is 0 Å². The number of amides is 1. The van der Waals surface area contributed by atoms with E-state index in [0.29, 0.717) is 6.42 Å². The van der Waals surface area contributed by atoms with Crippen molar-refractivity contribution in [1.29, 1.82) is 0 Å². The molecule has 4 heteroatoms. The second-order valence-electron chi connectivity index (χ2n) is 8.52. The van der Waals surface area contributed by atoms with Crippen molar-refractivity contribution in [3.05, 3.63) is 70.7 Å². The van der Waals surface area contributed by atoms with Crippen LogP contribution in [0.1, 0.15) is 44.4 Å². The summed E-state index contributed by atoms with van der Waals surface area (Å²) in [5, 5.41) is 0.753. The number of hydrogen-bond acceptors (Lipinski definition) is 2.